The number of aliphatic carboxylic acids is 2. The van der Waals surface area contributed by atoms with Gasteiger partial charge in [0.05, 0.1) is 19.1 Å². The lowest BCUT2D eigenvalue weighted by Gasteiger charge is -2.25. The lowest BCUT2D eigenvalue weighted by atomic mass is 10.0. The number of hydrogen-bond donors (Lipinski definition) is 11. The predicted molar refractivity (Wildman–Crippen MR) is 150 cm³/mol. The predicted octanol–water partition coefficient (Wildman–Crippen LogP) is -4.20. The summed E-state index contributed by atoms with van der Waals surface area (Å²) in [6.45, 7) is 0.133. The summed E-state index contributed by atoms with van der Waals surface area (Å²) >= 11 is 0. The maximum Gasteiger partial charge on any atom is 0.524 e. The highest BCUT2D eigenvalue weighted by molar-refractivity contribution is 7.46. The van der Waals surface area contributed by atoms with Crippen molar-refractivity contribution in [3.8, 4) is 5.75 Å². The van der Waals surface area contributed by atoms with Crippen molar-refractivity contribution in [2.45, 2.75) is 62.8 Å². The molecule has 0 fully saturated rings. The summed E-state index contributed by atoms with van der Waals surface area (Å²) in [6.07, 6.45) is -2.10. The molecule has 0 saturated heterocycles. The molecule has 5 atom stereocenters. The Hall–Kier alpha value is -4.62. The van der Waals surface area contributed by atoms with Gasteiger partial charge in [-0.05, 0) is 31.0 Å². The Bertz CT molecular complexity index is 1300. The van der Waals surface area contributed by atoms with Crippen LogP contribution in [0.2, 0.25) is 0 Å². The number of aliphatic hydroxyl groups is 1. The number of phosphoric ester groups is 1. The van der Waals surface area contributed by atoms with Gasteiger partial charge in [-0.1, -0.05) is 12.1 Å². The van der Waals surface area contributed by atoms with Crippen LogP contribution in [0.5, 0.6) is 5.75 Å². The van der Waals surface area contributed by atoms with E-state index in [0.717, 1.165) is 19.1 Å². The van der Waals surface area contributed by atoms with E-state index < -0.39 is 105 Å². The molecule has 1 aromatic rings. The summed E-state index contributed by atoms with van der Waals surface area (Å²) in [5.74, 6) is -8.24. The van der Waals surface area contributed by atoms with Crippen LogP contribution >= 0.6 is 7.82 Å². The third-order valence-electron chi connectivity index (χ3n) is 5.80. The molecular weight excluding hydrogens is 627 g/mol. The number of rotatable bonds is 19. The summed E-state index contributed by atoms with van der Waals surface area (Å²) in [6, 6.07) is -2.96. The second kappa shape index (κ2) is 17.6. The summed E-state index contributed by atoms with van der Waals surface area (Å²) in [5, 5.41) is 36.5. The highest BCUT2D eigenvalue weighted by Crippen LogP contribution is 2.37. The quantitative estimate of drug-likeness (QED) is 0.0626. The van der Waals surface area contributed by atoms with Crippen LogP contribution < -0.4 is 37.3 Å². The van der Waals surface area contributed by atoms with Crippen LogP contribution in [0.4, 0.5) is 0 Å². The number of hydrogen-bond acceptors (Lipinski definition) is 11. The summed E-state index contributed by atoms with van der Waals surface area (Å²) in [4.78, 5) is 103. The Kier molecular flexibility index (Phi) is 15.0. The lowest BCUT2D eigenvalue weighted by Crippen LogP contribution is -2.59. The molecule has 0 bridgehead atoms. The van der Waals surface area contributed by atoms with E-state index in [9.17, 15) is 43.2 Å². The van der Waals surface area contributed by atoms with E-state index in [1.54, 1.807) is 0 Å². The van der Waals surface area contributed by atoms with E-state index in [-0.39, 0.29) is 17.7 Å². The third-order valence-corrected chi connectivity index (χ3v) is 6.25. The van der Waals surface area contributed by atoms with E-state index in [1.165, 1.54) is 12.1 Å². The largest absolute Gasteiger partial charge is 0.524 e. The van der Waals surface area contributed by atoms with E-state index in [0.29, 0.717) is 0 Å². The molecule has 1 rings (SSSR count). The number of carbonyl (C=O) groups is 7. The van der Waals surface area contributed by atoms with Gasteiger partial charge in [-0.25, -0.2) is 4.57 Å². The highest BCUT2D eigenvalue weighted by atomic mass is 31.2. The molecular formula is C24H35N6O14P. The molecule has 0 saturated carbocycles. The van der Waals surface area contributed by atoms with E-state index in [1.807, 2.05) is 0 Å². The van der Waals surface area contributed by atoms with Gasteiger partial charge in [0.1, 0.15) is 29.9 Å². The maximum atomic E-state index is 13.3. The molecule has 0 aliphatic heterocycles. The van der Waals surface area contributed by atoms with Crippen LogP contribution in [0.1, 0.15) is 31.7 Å². The molecule has 0 spiro atoms. The van der Waals surface area contributed by atoms with Crippen molar-refractivity contribution >= 4 is 49.3 Å². The Morgan fingerprint density at radius 1 is 0.844 bits per heavy atom. The lowest BCUT2D eigenvalue weighted by molar-refractivity contribution is -0.142. The number of primary amides is 1. The number of phosphoric acid groups is 1. The number of amides is 5. The summed E-state index contributed by atoms with van der Waals surface area (Å²) < 4.78 is 15.5. The maximum absolute atomic E-state index is 13.3. The second-order valence-electron chi connectivity index (χ2n) is 9.57. The van der Waals surface area contributed by atoms with Crippen LogP contribution in [-0.4, -0.2) is 103 Å². The highest BCUT2D eigenvalue weighted by Gasteiger charge is 2.32. The monoisotopic (exact) mass is 662 g/mol. The zero-order valence-corrected chi connectivity index (χ0v) is 24.6. The molecule has 13 N–H and O–H groups in total. The van der Waals surface area contributed by atoms with Gasteiger partial charge in [0.15, 0.2) is 0 Å². The van der Waals surface area contributed by atoms with Crippen LogP contribution in [0, 0.1) is 0 Å². The van der Waals surface area contributed by atoms with Crippen molar-refractivity contribution in [3.63, 3.8) is 0 Å². The Balaban J connectivity index is 3.31. The summed E-state index contributed by atoms with van der Waals surface area (Å²) in [5.41, 5.74) is 10.9. The number of carbonyl (C=O) groups excluding carboxylic acids is 5. The van der Waals surface area contributed by atoms with Crippen LogP contribution in [0.3, 0.4) is 0 Å². The fourth-order valence-corrected chi connectivity index (χ4v) is 3.90. The molecule has 5 amide bonds. The van der Waals surface area contributed by atoms with Crippen LogP contribution in [0.15, 0.2) is 24.3 Å². The van der Waals surface area contributed by atoms with Crippen molar-refractivity contribution in [2.24, 2.45) is 11.5 Å². The molecule has 45 heavy (non-hydrogen) atoms. The second-order valence-corrected chi connectivity index (χ2v) is 10.7. The van der Waals surface area contributed by atoms with Gasteiger partial charge in [0.25, 0.3) is 0 Å². The molecule has 0 aliphatic carbocycles. The van der Waals surface area contributed by atoms with Crippen molar-refractivity contribution in [1.29, 1.82) is 0 Å². The Labute approximate surface area is 255 Å². The number of aliphatic hydroxyl groups excluding tert-OH is 1. The van der Waals surface area contributed by atoms with Gasteiger partial charge >= 0.3 is 19.8 Å². The minimum atomic E-state index is -4.89. The molecule has 250 valence electrons. The first-order chi connectivity index (χ1) is 20.8. The molecule has 0 aliphatic rings. The average molecular weight is 663 g/mol. The zero-order valence-electron chi connectivity index (χ0n) is 23.7. The number of benzene rings is 1. The number of carboxylic acids is 2. The van der Waals surface area contributed by atoms with Crippen molar-refractivity contribution < 1.29 is 67.8 Å². The first kappa shape index (κ1) is 38.4. The standard InChI is InChI=1S/C24H35N6O14P/c1-11(24(39)40)27-23(38)17(10-31)30-22(37)16(8-12-2-4-13(5-3-12)44-45(41,42)43)29-21(36)15(6-7-19(33)34)28-20(35)14(25)9-18(26)32/h2-5,11,14-17,31H,6-10,25H2,1H3,(H2,26,32)(H,27,38)(H,28,35)(H,29,36)(H,30,37)(H,33,34)(H,39,40)(H2,41,42,43)/t11-,14-,15-,16-,17-/m0/s1. The van der Waals surface area contributed by atoms with Crippen molar-refractivity contribution in [1.82, 2.24) is 21.3 Å². The molecule has 20 nitrogen and oxygen atoms in total. The molecule has 0 heterocycles. The van der Waals surface area contributed by atoms with Gasteiger partial charge in [-0.2, -0.15) is 0 Å². The van der Waals surface area contributed by atoms with Gasteiger partial charge < -0.3 is 52.6 Å². The Morgan fingerprint density at radius 3 is 1.84 bits per heavy atom. The van der Waals surface area contributed by atoms with Crippen LogP contribution in [-0.2, 0) is 44.5 Å². The fraction of sp³-hybridized carbons (Fsp3) is 0.458. The smallest absolute Gasteiger partial charge is 0.481 e. The molecule has 1 aromatic carbocycles. The SMILES string of the molecule is C[C@H](NC(=O)[C@H](CO)NC(=O)[C@H](Cc1ccc(OP(=O)(O)O)cc1)NC(=O)[C@H](CCC(=O)O)NC(=O)[C@@H](N)CC(N)=O)C(=O)O. The number of nitrogens with one attached hydrogen (secondary N) is 4. The first-order valence-electron chi connectivity index (χ1n) is 13.0. The molecule has 0 unspecified atom stereocenters. The van der Waals surface area contributed by atoms with Gasteiger partial charge in [0.2, 0.25) is 29.5 Å². The van der Waals surface area contributed by atoms with Crippen LogP contribution in [0.25, 0.3) is 0 Å². The third kappa shape index (κ3) is 14.6. The minimum absolute atomic E-state index is 0.245. The number of carboxylic acid groups (broad SMARTS) is 2. The average Bonchev–Trinajstić information content (AvgIpc) is 2.92. The van der Waals surface area contributed by atoms with Crippen molar-refractivity contribution in [2.75, 3.05) is 6.61 Å². The van der Waals surface area contributed by atoms with E-state index in [4.69, 9.17) is 31.5 Å². The molecule has 21 heteroatoms. The minimum Gasteiger partial charge on any atom is -0.481 e. The first-order valence-corrected chi connectivity index (χ1v) is 14.5. The topological polar surface area (TPSA) is 347 Å². The fourth-order valence-electron chi connectivity index (χ4n) is 3.51. The van der Waals surface area contributed by atoms with Gasteiger partial charge in [-0.3, -0.25) is 43.3 Å². The van der Waals surface area contributed by atoms with Crippen molar-refractivity contribution in [3.05, 3.63) is 29.8 Å². The van der Waals surface area contributed by atoms with E-state index in [2.05, 4.69) is 25.8 Å². The normalized spacial score (nSPS) is 14.4. The molecule has 0 radical (unpaired) electrons. The van der Waals surface area contributed by atoms with E-state index >= 15 is 0 Å². The van der Waals surface area contributed by atoms with Gasteiger partial charge in [0, 0.05) is 12.8 Å². The zero-order chi connectivity index (χ0) is 34.5. The van der Waals surface area contributed by atoms with Gasteiger partial charge in [-0.15, -0.1) is 0 Å². The summed E-state index contributed by atoms with van der Waals surface area (Å²) in [7, 11) is -4.89. The Morgan fingerprint density at radius 2 is 1.36 bits per heavy atom. The molecule has 0 aromatic heterocycles. The number of nitrogens with two attached hydrogens (primary N) is 2.